The van der Waals surface area contributed by atoms with Gasteiger partial charge in [-0.2, -0.15) is 0 Å². The first-order valence-corrected chi connectivity index (χ1v) is 4.86. The van der Waals surface area contributed by atoms with Gasteiger partial charge in [-0.3, -0.25) is 0 Å². The second-order valence-electron chi connectivity index (χ2n) is 4.18. The van der Waals surface area contributed by atoms with Crippen molar-refractivity contribution in [2.75, 3.05) is 0 Å². The number of benzene rings is 1. The first-order valence-electron chi connectivity index (χ1n) is 4.86. The molecule has 1 aromatic carbocycles. The topological polar surface area (TPSA) is 46.2 Å². The van der Waals surface area contributed by atoms with Crippen LogP contribution >= 0.6 is 0 Å². The van der Waals surface area contributed by atoms with Gasteiger partial charge in [0, 0.05) is 12.0 Å². The Hall–Kier alpha value is -1.02. The maximum absolute atomic E-state index is 9.37. The minimum Gasteiger partial charge on any atom is -0.508 e. The summed E-state index contributed by atoms with van der Waals surface area (Å²) in [5.74, 6) is 1.44. The fraction of sp³-hybridized carbons (Fsp3) is 0.455. The van der Waals surface area contributed by atoms with Crippen LogP contribution in [0.1, 0.15) is 35.8 Å². The van der Waals surface area contributed by atoms with Gasteiger partial charge in [-0.15, -0.1) is 0 Å². The van der Waals surface area contributed by atoms with E-state index in [4.69, 9.17) is 5.73 Å². The quantitative estimate of drug-likeness (QED) is 0.630. The van der Waals surface area contributed by atoms with Crippen LogP contribution in [0.5, 0.6) is 5.75 Å². The molecule has 2 aliphatic rings. The van der Waals surface area contributed by atoms with Gasteiger partial charge in [0.1, 0.15) is 5.75 Å². The third kappa shape index (κ3) is 0.814. The lowest BCUT2D eigenvalue weighted by Gasteiger charge is -2.13. The molecule has 0 heterocycles. The number of hydrogen-bond donors (Lipinski definition) is 2. The molecule has 2 aliphatic carbocycles. The number of hydrogen-bond acceptors (Lipinski definition) is 2. The van der Waals surface area contributed by atoms with Gasteiger partial charge in [0.2, 0.25) is 0 Å². The molecule has 1 aromatic rings. The van der Waals surface area contributed by atoms with Crippen molar-refractivity contribution in [1.82, 2.24) is 0 Å². The van der Waals surface area contributed by atoms with Crippen LogP contribution in [-0.2, 0) is 0 Å². The Balaban J connectivity index is 2.19. The van der Waals surface area contributed by atoms with E-state index in [0.29, 0.717) is 23.6 Å². The first kappa shape index (κ1) is 7.39. The van der Waals surface area contributed by atoms with E-state index in [1.54, 1.807) is 6.07 Å². The molecule has 0 aliphatic heterocycles. The van der Waals surface area contributed by atoms with Crippen LogP contribution in [-0.4, -0.2) is 11.1 Å². The van der Waals surface area contributed by atoms with Crippen LogP contribution in [0.15, 0.2) is 18.2 Å². The summed E-state index contributed by atoms with van der Waals surface area (Å²) in [6.45, 7) is 0. The molecule has 2 heteroatoms. The molecule has 0 spiro atoms. The summed E-state index contributed by atoms with van der Waals surface area (Å²) < 4.78 is 0. The van der Waals surface area contributed by atoms with Gasteiger partial charge >= 0.3 is 0 Å². The standard InChI is InChI=1S/C11H13NO/c12-11-8-3-4-9(11)10-5-6(13)1-2-7(8)10/h1-2,5,8-9,11,13H,3-4,12H2/t8?,9?,11-/m0/s1. The molecule has 68 valence electrons. The van der Waals surface area contributed by atoms with Crippen molar-refractivity contribution in [2.24, 2.45) is 5.73 Å². The summed E-state index contributed by atoms with van der Waals surface area (Å²) in [4.78, 5) is 0. The maximum atomic E-state index is 9.37. The van der Waals surface area contributed by atoms with Crippen LogP contribution in [0.25, 0.3) is 0 Å². The normalized spacial score (nSPS) is 35.0. The highest BCUT2D eigenvalue weighted by Crippen LogP contribution is 2.52. The van der Waals surface area contributed by atoms with E-state index in [-0.39, 0.29) is 0 Å². The largest absolute Gasteiger partial charge is 0.508 e. The van der Waals surface area contributed by atoms with Gasteiger partial charge < -0.3 is 10.8 Å². The lowest BCUT2D eigenvalue weighted by atomic mass is 9.92. The van der Waals surface area contributed by atoms with Crippen molar-refractivity contribution < 1.29 is 5.11 Å². The molecule has 3 atom stereocenters. The predicted octanol–water partition coefficient (Wildman–Crippen LogP) is 1.69. The number of aromatic hydroxyl groups is 1. The highest BCUT2D eigenvalue weighted by molar-refractivity contribution is 5.47. The zero-order valence-corrected chi connectivity index (χ0v) is 7.40. The van der Waals surface area contributed by atoms with Gasteiger partial charge in [-0.1, -0.05) is 6.07 Å². The summed E-state index contributed by atoms with van der Waals surface area (Å²) in [5.41, 5.74) is 8.77. The van der Waals surface area contributed by atoms with E-state index < -0.39 is 0 Å². The lowest BCUT2D eigenvalue weighted by molar-refractivity contribution is 0.473. The van der Waals surface area contributed by atoms with Crippen molar-refractivity contribution in [2.45, 2.75) is 30.7 Å². The summed E-state index contributed by atoms with van der Waals surface area (Å²) in [7, 11) is 0. The number of fused-ring (bicyclic) bond motifs is 5. The van der Waals surface area contributed by atoms with Gasteiger partial charge in [0.15, 0.2) is 0 Å². The number of rotatable bonds is 0. The number of nitrogens with two attached hydrogens (primary N) is 1. The van der Waals surface area contributed by atoms with Crippen LogP contribution in [0.2, 0.25) is 0 Å². The molecule has 3 N–H and O–H groups in total. The third-order valence-corrected chi connectivity index (χ3v) is 3.59. The van der Waals surface area contributed by atoms with E-state index >= 15 is 0 Å². The van der Waals surface area contributed by atoms with E-state index in [0.717, 1.165) is 0 Å². The first-order chi connectivity index (χ1) is 6.27. The molecule has 2 nitrogen and oxygen atoms in total. The molecule has 0 amide bonds. The third-order valence-electron chi connectivity index (χ3n) is 3.59. The van der Waals surface area contributed by atoms with Crippen molar-refractivity contribution in [3.05, 3.63) is 29.3 Å². The van der Waals surface area contributed by atoms with Gasteiger partial charge in [-0.05, 0) is 42.0 Å². The summed E-state index contributed by atoms with van der Waals surface area (Å²) in [6.07, 6.45) is 2.42. The van der Waals surface area contributed by atoms with Crippen LogP contribution in [0.3, 0.4) is 0 Å². The molecule has 3 rings (SSSR count). The molecular weight excluding hydrogens is 162 g/mol. The Morgan fingerprint density at radius 3 is 2.62 bits per heavy atom. The molecule has 13 heavy (non-hydrogen) atoms. The zero-order chi connectivity index (χ0) is 9.00. The van der Waals surface area contributed by atoms with Crippen molar-refractivity contribution in [1.29, 1.82) is 0 Å². The highest BCUT2D eigenvalue weighted by Gasteiger charge is 2.43. The van der Waals surface area contributed by atoms with Crippen molar-refractivity contribution in [3.8, 4) is 5.75 Å². The summed E-state index contributed by atoms with van der Waals surface area (Å²) in [5, 5.41) is 9.37. The summed E-state index contributed by atoms with van der Waals surface area (Å²) in [6, 6.07) is 6.00. The number of phenolic OH excluding ortho intramolecular Hbond substituents is 1. The number of phenols is 1. The second kappa shape index (κ2) is 2.26. The van der Waals surface area contributed by atoms with E-state index in [1.165, 1.54) is 24.0 Å². The minimum absolute atomic E-state index is 0.303. The molecule has 1 fully saturated rings. The van der Waals surface area contributed by atoms with Crippen LogP contribution in [0, 0.1) is 0 Å². The zero-order valence-electron chi connectivity index (χ0n) is 7.40. The Morgan fingerprint density at radius 1 is 1.15 bits per heavy atom. The maximum Gasteiger partial charge on any atom is 0.115 e. The van der Waals surface area contributed by atoms with E-state index in [2.05, 4.69) is 0 Å². The van der Waals surface area contributed by atoms with Crippen LogP contribution in [0.4, 0.5) is 0 Å². The Bertz CT molecular complexity index is 361. The fourth-order valence-corrected chi connectivity index (χ4v) is 2.97. The van der Waals surface area contributed by atoms with Crippen LogP contribution < -0.4 is 5.73 Å². The molecule has 0 aromatic heterocycles. The Kier molecular flexibility index (Phi) is 1.29. The summed E-state index contributed by atoms with van der Waals surface area (Å²) >= 11 is 0. The smallest absolute Gasteiger partial charge is 0.115 e. The molecule has 0 radical (unpaired) electrons. The average Bonchev–Trinajstić information content (AvgIpc) is 2.59. The SMILES string of the molecule is N[C@H]1C2CCC1c1cc(O)ccc12. The van der Waals surface area contributed by atoms with E-state index in [9.17, 15) is 5.11 Å². The van der Waals surface area contributed by atoms with Gasteiger partial charge in [0.05, 0.1) is 0 Å². The second-order valence-corrected chi connectivity index (χ2v) is 4.18. The molecule has 1 saturated carbocycles. The monoisotopic (exact) mass is 175 g/mol. The fourth-order valence-electron chi connectivity index (χ4n) is 2.97. The van der Waals surface area contributed by atoms with Crippen molar-refractivity contribution >= 4 is 0 Å². The molecule has 2 unspecified atom stereocenters. The molecular formula is C11H13NO. The van der Waals surface area contributed by atoms with Gasteiger partial charge in [-0.25, -0.2) is 0 Å². The van der Waals surface area contributed by atoms with Gasteiger partial charge in [0.25, 0.3) is 0 Å². The Morgan fingerprint density at radius 2 is 1.85 bits per heavy atom. The predicted molar refractivity (Wildman–Crippen MR) is 50.8 cm³/mol. The van der Waals surface area contributed by atoms with E-state index in [1.807, 2.05) is 12.1 Å². The molecule has 2 bridgehead atoms. The minimum atomic E-state index is 0.303. The average molecular weight is 175 g/mol. The Labute approximate surface area is 77.4 Å². The lowest BCUT2D eigenvalue weighted by Crippen LogP contribution is -2.22. The molecule has 0 saturated heterocycles. The van der Waals surface area contributed by atoms with Crippen molar-refractivity contribution in [3.63, 3.8) is 0 Å². The highest BCUT2D eigenvalue weighted by atomic mass is 16.3.